The molecule has 21 heavy (non-hydrogen) atoms. The van der Waals surface area contributed by atoms with Gasteiger partial charge in [-0.15, -0.1) is 0 Å². The summed E-state index contributed by atoms with van der Waals surface area (Å²) in [5.74, 6) is 1.01. The van der Waals surface area contributed by atoms with Crippen molar-refractivity contribution >= 4 is 22.8 Å². The van der Waals surface area contributed by atoms with E-state index in [-0.39, 0.29) is 22.8 Å². The predicted molar refractivity (Wildman–Crippen MR) is 79.6 cm³/mol. The first-order valence-electron chi connectivity index (χ1n) is 6.73. The van der Waals surface area contributed by atoms with Crippen molar-refractivity contribution in [1.82, 2.24) is 4.90 Å². The first kappa shape index (κ1) is 15.8. The van der Waals surface area contributed by atoms with Crippen LogP contribution in [0.1, 0.15) is 18.9 Å². The zero-order valence-electron chi connectivity index (χ0n) is 12.1. The van der Waals surface area contributed by atoms with Crippen molar-refractivity contribution in [2.45, 2.75) is 19.9 Å². The van der Waals surface area contributed by atoms with E-state index >= 15 is 0 Å². The number of carbonyl (C=O) groups is 2. The summed E-state index contributed by atoms with van der Waals surface area (Å²) in [6, 6.07) is 4.32. The molecule has 2 rings (SSSR count). The van der Waals surface area contributed by atoms with Crippen LogP contribution >= 0.6 is 11.8 Å². The van der Waals surface area contributed by atoms with Crippen LogP contribution in [0.3, 0.4) is 0 Å². The van der Waals surface area contributed by atoms with Gasteiger partial charge in [-0.2, -0.15) is 0 Å². The molecule has 0 aromatic heterocycles. The van der Waals surface area contributed by atoms with Crippen molar-refractivity contribution in [1.29, 1.82) is 0 Å². The van der Waals surface area contributed by atoms with Crippen LogP contribution in [0.25, 0.3) is 0 Å². The molecule has 1 aromatic carbocycles. The molecule has 1 saturated heterocycles. The van der Waals surface area contributed by atoms with Crippen LogP contribution in [0.5, 0.6) is 5.75 Å². The highest BCUT2D eigenvalue weighted by Gasteiger charge is 2.30. The molecule has 0 aliphatic carbocycles. The quantitative estimate of drug-likeness (QED) is 0.838. The topological polar surface area (TPSA) is 46.6 Å². The normalized spacial score (nSPS) is 18.1. The highest BCUT2D eigenvalue weighted by molar-refractivity contribution is 8.13. The van der Waals surface area contributed by atoms with Gasteiger partial charge in [0.05, 0.1) is 7.11 Å². The lowest BCUT2D eigenvalue weighted by Gasteiger charge is -2.18. The molecular weight excluding hydrogens is 293 g/mol. The lowest BCUT2D eigenvalue weighted by molar-refractivity contribution is -0.128. The fourth-order valence-corrected chi connectivity index (χ4v) is 3.10. The highest BCUT2D eigenvalue weighted by atomic mass is 32.2. The molecule has 1 amide bonds. The number of thioether (sulfide) groups is 1. The van der Waals surface area contributed by atoms with Gasteiger partial charge in [-0.25, -0.2) is 4.39 Å². The second kappa shape index (κ2) is 6.93. The van der Waals surface area contributed by atoms with Gasteiger partial charge in [-0.1, -0.05) is 17.8 Å². The number of carbonyl (C=O) groups excluding carboxylic acids is 2. The van der Waals surface area contributed by atoms with Crippen LogP contribution in [0.2, 0.25) is 0 Å². The molecule has 1 heterocycles. The molecule has 4 nitrogen and oxygen atoms in total. The fourth-order valence-electron chi connectivity index (χ4n) is 2.41. The summed E-state index contributed by atoms with van der Waals surface area (Å²) in [6.07, 6.45) is 0.462. The second-order valence-corrected chi connectivity index (χ2v) is 6.30. The lowest BCUT2D eigenvalue weighted by Crippen LogP contribution is -2.25. The van der Waals surface area contributed by atoms with E-state index in [1.54, 1.807) is 11.0 Å². The van der Waals surface area contributed by atoms with Crippen molar-refractivity contribution in [2.75, 3.05) is 19.4 Å². The Bertz CT molecular complexity index is 550. The largest absolute Gasteiger partial charge is 0.496 e. The standard InChI is InChI=1S/C15H18FNO3S/c1-10(18)21-9-11-5-15(19)17(7-11)8-12-3-4-13(16)6-14(12)20-2/h3-4,6,11H,5,7-9H2,1-2H3. The molecule has 0 spiro atoms. The molecule has 0 bridgehead atoms. The number of hydrogen-bond donors (Lipinski definition) is 0. The maximum Gasteiger partial charge on any atom is 0.223 e. The maximum atomic E-state index is 13.2. The van der Waals surface area contributed by atoms with E-state index in [1.165, 1.54) is 37.9 Å². The van der Waals surface area contributed by atoms with E-state index in [9.17, 15) is 14.0 Å². The summed E-state index contributed by atoms with van der Waals surface area (Å²) in [5.41, 5.74) is 0.784. The molecule has 114 valence electrons. The first-order chi connectivity index (χ1) is 9.99. The number of likely N-dealkylation sites (tertiary alicyclic amines) is 1. The van der Waals surface area contributed by atoms with Crippen LogP contribution in [0, 0.1) is 11.7 Å². The Hall–Kier alpha value is -1.56. The van der Waals surface area contributed by atoms with Gasteiger partial charge in [0.2, 0.25) is 5.91 Å². The predicted octanol–water partition coefficient (Wildman–Crippen LogP) is 2.46. The van der Waals surface area contributed by atoms with Gasteiger partial charge in [0.1, 0.15) is 11.6 Å². The minimum atomic E-state index is -0.362. The smallest absolute Gasteiger partial charge is 0.223 e. The minimum Gasteiger partial charge on any atom is -0.496 e. The van der Waals surface area contributed by atoms with E-state index < -0.39 is 0 Å². The highest BCUT2D eigenvalue weighted by Crippen LogP contribution is 2.27. The van der Waals surface area contributed by atoms with Crippen molar-refractivity contribution in [2.24, 2.45) is 5.92 Å². The van der Waals surface area contributed by atoms with Crippen LogP contribution in [-0.4, -0.2) is 35.3 Å². The van der Waals surface area contributed by atoms with Gasteiger partial charge in [0.15, 0.2) is 5.12 Å². The molecule has 6 heteroatoms. The van der Waals surface area contributed by atoms with E-state index in [0.717, 1.165) is 5.56 Å². The molecule has 1 aliphatic heterocycles. The number of amides is 1. The molecule has 1 fully saturated rings. The third kappa shape index (κ3) is 4.20. The van der Waals surface area contributed by atoms with Crippen LogP contribution in [0.15, 0.2) is 18.2 Å². The van der Waals surface area contributed by atoms with E-state index in [2.05, 4.69) is 0 Å². The third-order valence-electron chi connectivity index (χ3n) is 3.43. The van der Waals surface area contributed by atoms with Gasteiger partial charge in [0, 0.05) is 43.8 Å². The van der Waals surface area contributed by atoms with E-state index in [0.29, 0.717) is 31.0 Å². The Morgan fingerprint density at radius 3 is 2.95 bits per heavy atom. The summed E-state index contributed by atoms with van der Waals surface area (Å²) >= 11 is 1.26. The van der Waals surface area contributed by atoms with E-state index in [4.69, 9.17) is 4.74 Å². The molecule has 1 atom stereocenters. The molecule has 1 unspecified atom stereocenters. The van der Waals surface area contributed by atoms with Crippen molar-refractivity contribution in [3.63, 3.8) is 0 Å². The Labute approximate surface area is 127 Å². The zero-order chi connectivity index (χ0) is 15.4. The molecule has 0 radical (unpaired) electrons. The van der Waals surface area contributed by atoms with Gasteiger partial charge in [0.25, 0.3) is 0 Å². The van der Waals surface area contributed by atoms with Gasteiger partial charge in [-0.05, 0) is 12.0 Å². The Kier molecular flexibility index (Phi) is 5.22. The molecule has 0 saturated carbocycles. The number of halogens is 1. The third-order valence-corrected chi connectivity index (χ3v) is 4.47. The monoisotopic (exact) mass is 311 g/mol. The average Bonchev–Trinajstić information content (AvgIpc) is 2.79. The van der Waals surface area contributed by atoms with Gasteiger partial charge < -0.3 is 9.64 Å². The number of rotatable bonds is 5. The van der Waals surface area contributed by atoms with Gasteiger partial charge >= 0.3 is 0 Å². The number of benzene rings is 1. The van der Waals surface area contributed by atoms with Gasteiger partial charge in [-0.3, -0.25) is 9.59 Å². The summed E-state index contributed by atoms with van der Waals surface area (Å²) in [7, 11) is 1.48. The van der Waals surface area contributed by atoms with Crippen LogP contribution in [-0.2, 0) is 16.1 Å². The number of hydrogen-bond acceptors (Lipinski definition) is 4. The summed E-state index contributed by atoms with van der Waals surface area (Å²) in [4.78, 5) is 24.7. The van der Waals surface area contributed by atoms with Crippen molar-refractivity contribution in [3.8, 4) is 5.75 Å². The lowest BCUT2D eigenvalue weighted by atomic mass is 10.1. The second-order valence-electron chi connectivity index (χ2n) is 5.10. The fraction of sp³-hybridized carbons (Fsp3) is 0.467. The molecule has 0 N–H and O–H groups in total. The molecule has 1 aliphatic rings. The van der Waals surface area contributed by atoms with Crippen LogP contribution < -0.4 is 4.74 Å². The Morgan fingerprint density at radius 1 is 1.52 bits per heavy atom. The SMILES string of the molecule is COc1cc(F)ccc1CN1CC(CSC(C)=O)CC1=O. The first-order valence-corrected chi connectivity index (χ1v) is 7.71. The number of methoxy groups -OCH3 is 1. The molecule has 1 aromatic rings. The zero-order valence-corrected chi connectivity index (χ0v) is 12.9. The summed E-state index contributed by atoms with van der Waals surface area (Å²) < 4.78 is 18.3. The van der Waals surface area contributed by atoms with Crippen molar-refractivity contribution in [3.05, 3.63) is 29.6 Å². The average molecular weight is 311 g/mol. The Morgan fingerprint density at radius 2 is 2.29 bits per heavy atom. The number of ether oxygens (including phenoxy) is 1. The van der Waals surface area contributed by atoms with Crippen molar-refractivity contribution < 1.29 is 18.7 Å². The Balaban J connectivity index is 2.00. The molecular formula is C15H18FNO3S. The summed E-state index contributed by atoms with van der Waals surface area (Å²) in [6.45, 7) is 2.56. The number of nitrogens with zero attached hydrogens (tertiary/aromatic N) is 1. The van der Waals surface area contributed by atoms with E-state index in [1.807, 2.05) is 0 Å². The minimum absolute atomic E-state index is 0.0653. The maximum absolute atomic E-state index is 13.2. The van der Waals surface area contributed by atoms with Crippen LogP contribution in [0.4, 0.5) is 4.39 Å². The summed E-state index contributed by atoms with van der Waals surface area (Å²) in [5, 5.41) is 0.0705.